The van der Waals surface area contributed by atoms with Gasteiger partial charge in [-0.25, -0.2) is 13.4 Å². The fraction of sp³-hybridized carbons (Fsp3) is 0.643. The van der Waals surface area contributed by atoms with Crippen LogP contribution in [0.4, 0.5) is 0 Å². The molecule has 0 bridgehead atoms. The van der Waals surface area contributed by atoms with Crippen molar-refractivity contribution in [2.75, 3.05) is 13.2 Å². The van der Waals surface area contributed by atoms with Crippen molar-refractivity contribution in [2.24, 2.45) is 0 Å². The number of morpholine rings is 1. The number of fused-ring (bicyclic) bond motifs is 1. The third-order valence-electron chi connectivity index (χ3n) is 4.21. The van der Waals surface area contributed by atoms with Gasteiger partial charge in [-0.05, 0) is 24.5 Å². The lowest BCUT2D eigenvalue weighted by Crippen LogP contribution is -2.54. The molecular weight excluding hydrogens is 312 g/mol. The molecule has 21 heavy (non-hydrogen) atoms. The number of pyridine rings is 1. The van der Waals surface area contributed by atoms with E-state index in [2.05, 4.69) is 4.98 Å². The summed E-state index contributed by atoms with van der Waals surface area (Å²) in [6.45, 7) is 0.864. The average Bonchev–Trinajstić information content (AvgIpc) is 2.54. The van der Waals surface area contributed by atoms with Crippen LogP contribution in [0, 0.1) is 0 Å². The number of hydrogen-bond acceptors (Lipinski definition) is 4. The number of alkyl halides is 1. The Balaban J connectivity index is 1.88. The molecule has 7 heteroatoms. The highest BCUT2D eigenvalue weighted by Crippen LogP contribution is 2.31. The lowest BCUT2D eigenvalue weighted by Gasteiger charge is -2.42. The quantitative estimate of drug-likeness (QED) is 0.797. The molecule has 3 rings (SSSR count). The van der Waals surface area contributed by atoms with E-state index in [1.54, 1.807) is 16.4 Å². The van der Waals surface area contributed by atoms with E-state index in [1.165, 1.54) is 6.20 Å². The van der Waals surface area contributed by atoms with E-state index < -0.39 is 10.0 Å². The summed E-state index contributed by atoms with van der Waals surface area (Å²) in [5.74, 6) is 0.329. The largest absolute Gasteiger partial charge is 0.375 e. The third-order valence-corrected chi connectivity index (χ3v) is 6.36. The number of nitrogens with zero attached hydrogens (tertiary/aromatic N) is 2. The summed E-state index contributed by atoms with van der Waals surface area (Å²) in [6, 6.07) is 3.21. The highest BCUT2D eigenvalue weighted by atomic mass is 35.5. The summed E-state index contributed by atoms with van der Waals surface area (Å²) < 4.78 is 33.0. The molecule has 116 valence electrons. The van der Waals surface area contributed by atoms with Crippen LogP contribution < -0.4 is 0 Å². The van der Waals surface area contributed by atoms with Crippen molar-refractivity contribution in [2.45, 2.75) is 48.7 Å². The normalized spacial score (nSPS) is 27.3. The molecule has 0 aromatic carbocycles. The molecule has 2 fully saturated rings. The van der Waals surface area contributed by atoms with Gasteiger partial charge in [0.25, 0.3) is 10.0 Å². The monoisotopic (exact) mass is 330 g/mol. The molecular formula is C14H19ClN2O3S. The molecule has 2 aliphatic rings. The van der Waals surface area contributed by atoms with Gasteiger partial charge in [0.05, 0.1) is 18.8 Å². The van der Waals surface area contributed by atoms with Crippen LogP contribution in [-0.2, 0) is 20.6 Å². The smallest absolute Gasteiger partial charge is 0.260 e. The average molecular weight is 331 g/mol. The molecule has 1 aromatic heterocycles. The maximum absolute atomic E-state index is 12.8. The summed E-state index contributed by atoms with van der Waals surface area (Å²) in [4.78, 5) is 4.08. The molecule has 0 spiro atoms. The SMILES string of the molecule is O=S(=O)(c1ccc(CCl)cn1)N1CCOC2CCCCC21. The number of ether oxygens (including phenoxy) is 1. The van der Waals surface area contributed by atoms with Gasteiger partial charge in [-0.15, -0.1) is 11.6 Å². The molecule has 0 radical (unpaired) electrons. The van der Waals surface area contributed by atoms with Crippen molar-refractivity contribution in [3.8, 4) is 0 Å². The number of halogens is 1. The van der Waals surface area contributed by atoms with Crippen molar-refractivity contribution in [3.63, 3.8) is 0 Å². The van der Waals surface area contributed by atoms with E-state index in [-0.39, 0.29) is 17.2 Å². The molecule has 1 saturated carbocycles. The van der Waals surface area contributed by atoms with Crippen molar-refractivity contribution >= 4 is 21.6 Å². The maximum atomic E-state index is 12.8. The summed E-state index contributed by atoms with van der Waals surface area (Å²) >= 11 is 5.72. The van der Waals surface area contributed by atoms with E-state index in [0.29, 0.717) is 19.0 Å². The standard InChI is InChI=1S/C14H19ClN2O3S/c15-9-11-5-6-14(16-10-11)21(18,19)17-7-8-20-13-4-2-1-3-12(13)17/h5-6,10,12-13H,1-4,7-9H2. The van der Waals surface area contributed by atoms with Crippen LogP contribution in [0.1, 0.15) is 31.2 Å². The topological polar surface area (TPSA) is 59.5 Å². The van der Waals surface area contributed by atoms with Crippen LogP contribution >= 0.6 is 11.6 Å². The van der Waals surface area contributed by atoms with Crippen LogP contribution in [-0.4, -0.2) is 43.0 Å². The molecule has 1 aliphatic carbocycles. The van der Waals surface area contributed by atoms with Gasteiger partial charge in [0.15, 0.2) is 5.03 Å². The molecule has 2 heterocycles. The fourth-order valence-corrected chi connectivity index (χ4v) is 4.86. The number of rotatable bonds is 3. The van der Waals surface area contributed by atoms with Gasteiger partial charge in [-0.3, -0.25) is 0 Å². The Labute approximate surface area is 130 Å². The first kappa shape index (κ1) is 15.2. The molecule has 5 nitrogen and oxygen atoms in total. The number of sulfonamides is 1. The minimum Gasteiger partial charge on any atom is -0.375 e. The van der Waals surface area contributed by atoms with Crippen molar-refractivity contribution < 1.29 is 13.2 Å². The van der Waals surface area contributed by atoms with Gasteiger partial charge in [-0.2, -0.15) is 4.31 Å². The van der Waals surface area contributed by atoms with Crippen molar-refractivity contribution in [3.05, 3.63) is 23.9 Å². The van der Waals surface area contributed by atoms with E-state index in [9.17, 15) is 8.42 Å². The Morgan fingerprint density at radius 2 is 2.14 bits per heavy atom. The Morgan fingerprint density at radius 3 is 2.86 bits per heavy atom. The fourth-order valence-electron chi connectivity index (χ4n) is 3.12. The van der Waals surface area contributed by atoms with E-state index >= 15 is 0 Å². The van der Waals surface area contributed by atoms with Crippen molar-refractivity contribution in [1.29, 1.82) is 0 Å². The molecule has 1 saturated heterocycles. The molecule has 1 aliphatic heterocycles. The second kappa shape index (κ2) is 6.20. The van der Waals surface area contributed by atoms with Gasteiger partial charge in [-0.1, -0.05) is 18.9 Å². The summed E-state index contributed by atoms with van der Waals surface area (Å²) in [7, 11) is -3.56. The first-order valence-electron chi connectivity index (χ1n) is 7.27. The Kier molecular flexibility index (Phi) is 4.49. The summed E-state index contributed by atoms with van der Waals surface area (Å²) in [6.07, 6.45) is 5.52. The highest BCUT2D eigenvalue weighted by molar-refractivity contribution is 7.89. The zero-order valence-electron chi connectivity index (χ0n) is 11.7. The maximum Gasteiger partial charge on any atom is 0.260 e. The highest BCUT2D eigenvalue weighted by Gasteiger charge is 2.41. The molecule has 1 aromatic rings. The first-order chi connectivity index (χ1) is 10.1. The van der Waals surface area contributed by atoms with Gasteiger partial charge in [0, 0.05) is 18.6 Å². The van der Waals surface area contributed by atoms with Gasteiger partial charge in [0.2, 0.25) is 0 Å². The Hall–Kier alpha value is -0.690. The predicted molar refractivity (Wildman–Crippen MR) is 79.7 cm³/mol. The van der Waals surface area contributed by atoms with Crippen LogP contribution in [0.25, 0.3) is 0 Å². The van der Waals surface area contributed by atoms with Crippen LogP contribution in [0.15, 0.2) is 23.4 Å². The lowest BCUT2D eigenvalue weighted by molar-refractivity contribution is -0.0586. The van der Waals surface area contributed by atoms with Gasteiger partial charge in [0.1, 0.15) is 0 Å². The Bertz CT molecular complexity index is 589. The van der Waals surface area contributed by atoms with Crippen molar-refractivity contribution in [1.82, 2.24) is 9.29 Å². The van der Waals surface area contributed by atoms with E-state index in [0.717, 1.165) is 31.2 Å². The zero-order valence-corrected chi connectivity index (χ0v) is 13.3. The van der Waals surface area contributed by atoms with E-state index in [4.69, 9.17) is 16.3 Å². The minimum absolute atomic E-state index is 0.0318. The second-order valence-corrected chi connectivity index (χ2v) is 7.62. The minimum atomic E-state index is -3.56. The molecule has 2 atom stereocenters. The Morgan fingerprint density at radius 1 is 1.33 bits per heavy atom. The van der Waals surface area contributed by atoms with Gasteiger partial charge >= 0.3 is 0 Å². The predicted octanol–water partition coefficient (Wildman–Crippen LogP) is 2.15. The number of aromatic nitrogens is 1. The molecule has 0 N–H and O–H groups in total. The molecule has 2 unspecified atom stereocenters. The van der Waals surface area contributed by atoms with E-state index in [1.807, 2.05) is 0 Å². The summed E-state index contributed by atoms with van der Waals surface area (Å²) in [5.41, 5.74) is 0.813. The van der Waals surface area contributed by atoms with Gasteiger partial charge < -0.3 is 4.74 Å². The van der Waals surface area contributed by atoms with Crippen LogP contribution in [0.3, 0.4) is 0 Å². The molecule has 0 amide bonds. The summed E-state index contributed by atoms with van der Waals surface area (Å²) in [5, 5.41) is 0.0996. The third kappa shape index (κ3) is 2.95. The second-order valence-electron chi connectivity index (χ2n) is 5.52. The first-order valence-corrected chi connectivity index (χ1v) is 9.25. The lowest BCUT2D eigenvalue weighted by atomic mass is 9.91. The zero-order chi connectivity index (χ0) is 14.9. The van der Waals surface area contributed by atoms with Crippen LogP contribution in [0.5, 0.6) is 0 Å². The number of hydrogen-bond donors (Lipinski definition) is 0. The van der Waals surface area contributed by atoms with Crippen LogP contribution in [0.2, 0.25) is 0 Å².